The van der Waals surface area contributed by atoms with E-state index in [1.54, 1.807) is 6.08 Å². The largest absolute Gasteiger partial charge is 0.304 e. The summed E-state index contributed by atoms with van der Waals surface area (Å²) < 4.78 is 0. The molecule has 0 saturated carbocycles. The topological polar surface area (TPSA) is 29.1 Å². The molecule has 2 nitrogen and oxygen atoms in total. The zero-order chi connectivity index (χ0) is 7.82. The van der Waals surface area contributed by atoms with Crippen molar-refractivity contribution < 1.29 is 4.79 Å². The number of rotatable bonds is 6. The van der Waals surface area contributed by atoms with Crippen molar-refractivity contribution >= 4 is 6.29 Å². The lowest BCUT2D eigenvalue weighted by atomic mass is 10.2. The minimum absolute atomic E-state index is 0.0167. The highest BCUT2D eigenvalue weighted by atomic mass is 16.1. The standard InChI is InChI=1S/C8H15NO/c1-3-5-8(7-10)9-6-4-2/h4,7-9H,2-3,5-6H2,1H3/t8-/m0/s1. The molecule has 0 rings (SSSR count). The van der Waals surface area contributed by atoms with E-state index >= 15 is 0 Å². The molecule has 0 radical (unpaired) electrons. The molecule has 1 N–H and O–H groups in total. The van der Waals surface area contributed by atoms with E-state index in [0.29, 0.717) is 6.54 Å². The van der Waals surface area contributed by atoms with E-state index in [0.717, 1.165) is 19.1 Å². The van der Waals surface area contributed by atoms with Gasteiger partial charge in [-0.2, -0.15) is 0 Å². The Morgan fingerprint density at radius 3 is 2.80 bits per heavy atom. The van der Waals surface area contributed by atoms with Gasteiger partial charge in [0.15, 0.2) is 0 Å². The van der Waals surface area contributed by atoms with Gasteiger partial charge in [0.2, 0.25) is 0 Å². The second-order valence-electron chi connectivity index (χ2n) is 2.23. The first-order valence-corrected chi connectivity index (χ1v) is 3.64. The van der Waals surface area contributed by atoms with Gasteiger partial charge in [-0.3, -0.25) is 0 Å². The first-order valence-electron chi connectivity index (χ1n) is 3.64. The smallest absolute Gasteiger partial charge is 0.136 e. The molecule has 0 spiro atoms. The van der Waals surface area contributed by atoms with Crippen molar-refractivity contribution in [1.29, 1.82) is 0 Å². The molecule has 0 aromatic heterocycles. The molecule has 58 valence electrons. The third kappa shape index (κ3) is 4.27. The predicted molar refractivity (Wildman–Crippen MR) is 43.0 cm³/mol. The van der Waals surface area contributed by atoms with Crippen LogP contribution in [0.1, 0.15) is 19.8 Å². The van der Waals surface area contributed by atoms with E-state index < -0.39 is 0 Å². The van der Waals surface area contributed by atoms with Gasteiger partial charge < -0.3 is 10.1 Å². The lowest BCUT2D eigenvalue weighted by Crippen LogP contribution is -2.30. The Labute approximate surface area is 62.3 Å². The summed E-state index contributed by atoms with van der Waals surface area (Å²) in [5.41, 5.74) is 0. The molecule has 2 heteroatoms. The normalized spacial score (nSPS) is 12.5. The predicted octanol–water partition coefficient (Wildman–Crippen LogP) is 1.13. The summed E-state index contributed by atoms with van der Waals surface area (Å²) >= 11 is 0. The van der Waals surface area contributed by atoms with Gasteiger partial charge in [0, 0.05) is 6.54 Å². The van der Waals surface area contributed by atoms with Gasteiger partial charge >= 0.3 is 0 Å². The van der Waals surface area contributed by atoms with E-state index in [-0.39, 0.29) is 6.04 Å². The molecule has 10 heavy (non-hydrogen) atoms. The van der Waals surface area contributed by atoms with Crippen LogP contribution in [0, 0.1) is 0 Å². The van der Waals surface area contributed by atoms with Gasteiger partial charge in [0.25, 0.3) is 0 Å². The van der Waals surface area contributed by atoms with Crippen LogP contribution in [0.2, 0.25) is 0 Å². The van der Waals surface area contributed by atoms with Crippen molar-refractivity contribution in [3.63, 3.8) is 0 Å². The molecule has 0 aromatic rings. The maximum absolute atomic E-state index is 10.3. The van der Waals surface area contributed by atoms with E-state index in [1.165, 1.54) is 0 Å². The van der Waals surface area contributed by atoms with Crippen LogP contribution >= 0.6 is 0 Å². The third-order valence-electron chi connectivity index (χ3n) is 1.29. The van der Waals surface area contributed by atoms with Crippen molar-refractivity contribution in [2.45, 2.75) is 25.8 Å². The van der Waals surface area contributed by atoms with Crippen molar-refractivity contribution in [1.82, 2.24) is 5.32 Å². The van der Waals surface area contributed by atoms with E-state index in [9.17, 15) is 4.79 Å². The highest BCUT2D eigenvalue weighted by molar-refractivity contribution is 5.57. The molecule has 0 saturated heterocycles. The summed E-state index contributed by atoms with van der Waals surface area (Å²) in [6.45, 7) is 6.32. The number of hydrogen-bond donors (Lipinski definition) is 1. The monoisotopic (exact) mass is 141 g/mol. The van der Waals surface area contributed by atoms with Gasteiger partial charge in [0.05, 0.1) is 6.04 Å². The van der Waals surface area contributed by atoms with Gasteiger partial charge in [0.1, 0.15) is 6.29 Å². The van der Waals surface area contributed by atoms with Gasteiger partial charge in [-0.25, -0.2) is 0 Å². The highest BCUT2D eigenvalue weighted by Crippen LogP contribution is 1.91. The maximum Gasteiger partial charge on any atom is 0.136 e. The molecule has 0 bridgehead atoms. The summed E-state index contributed by atoms with van der Waals surface area (Å²) in [7, 11) is 0. The zero-order valence-electron chi connectivity index (χ0n) is 6.47. The fourth-order valence-electron chi connectivity index (χ4n) is 0.764. The Morgan fingerprint density at radius 2 is 2.40 bits per heavy atom. The van der Waals surface area contributed by atoms with Gasteiger partial charge in [-0.1, -0.05) is 19.4 Å². The molecule has 0 heterocycles. The number of hydrogen-bond acceptors (Lipinski definition) is 2. The Morgan fingerprint density at radius 1 is 1.70 bits per heavy atom. The summed E-state index contributed by atoms with van der Waals surface area (Å²) in [5.74, 6) is 0. The lowest BCUT2D eigenvalue weighted by Gasteiger charge is -2.07. The van der Waals surface area contributed by atoms with E-state index in [2.05, 4.69) is 18.8 Å². The van der Waals surface area contributed by atoms with Crippen LogP contribution in [0.25, 0.3) is 0 Å². The van der Waals surface area contributed by atoms with Crippen molar-refractivity contribution in [2.24, 2.45) is 0 Å². The fraction of sp³-hybridized carbons (Fsp3) is 0.625. The molecule has 0 aliphatic carbocycles. The van der Waals surface area contributed by atoms with Crippen LogP contribution in [-0.4, -0.2) is 18.9 Å². The van der Waals surface area contributed by atoms with Crippen LogP contribution in [0.3, 0.4) is 0 Å². The van der Waals surface area contributed by atoms with Gasteiger partial charge in [-0.05, 0) is 6.42 Å². The van der Waals surface area contributed by atoms with Crippen LogP contribution < -0.4 is 5.32 Å². The van der Waals surface area contributed by atoms with Crippen LogP contribution in [0.5, 0.6) is 0 Å². The highest BCUT2D eigenvalue weighted by Gasteiger charge is 2.01. The van der Waals surface area contributed by atoms with Crippen molar-refractivity contribution in [3.05, 3.63) is 12.7 Å². The molecular weight excluding hydrogens is 126 g/mol. The Hall–Kier alpha value is -0.630. The number of carbonyl (C=O) groups is 1. The number of carbonyl (C=O) groups excluding carboxylic acids is 1. The molecule has 0 aliphatic heterocycles. The van der Waals surface area contributed by atoms with E-state index in [1.807, 2.05) is 0 Å². The molecule has 0 amide bonds. The summed E-state index contributed by atoms with van der Waals surface area (Å²) in [6.07, 6.45) is 4.66. The average Bonchev–Trinajstić information content (AvgIpc) is 1.98. The van der Waals surface area contributed by atoms with Crippen LogP contribution in [-0.2, 0) is 4.79 Å². The molecule has 0 fully saturated rings. The van der Waals surface area contributed by atoms with E-state index in [4.69, 9.17) is 0 Å². The minimum Gasteiger partial charge on any atom is -0.304 e. The van der Waals surface area contributed by atoms with Crippen LogP contribution in [0.4, 0.5) is 0 Å². The maximum atomic E-state index is 10.3. The van der Waals surface area contributed by atoms with Crippen molar-refractivity contribution in [3.8, 4) is 0 Å². The summed E-state index contributed by atoms with van der Waals surface area (Å²) in [4.78, 5) is 10.3. The molecule has 0 aromatic carbocycles. The average molecular weight is 141 g/mol. The second-order valence-corrected chi connectivity index (χ2v) is 2.23. The fourth-order valence-corrected chi connectivity index (χ4v) is 0.764. The Bertz CT molecular complexity index is 101. The first-order chi connectivity index (χ1) is 4.85. The Balaban J connectivity index is 3.38. The summed E-state index contributed by atoms with van der Waals surface area (Å²) in [5, 5.41) is 3.03. The quantitative estimate of drug-likeness (QED) is 0.444. The number of aldehydes is 1. The molecule has 0 aliphatic rings. The zero-order valence-corrected chi connectivity index (χ0v) is 6.47. The third-order valence-corrected chi connectivity index (χ3v) is 1.29. The second kappa shape index (κ2) is 6.49. The Kier molecular flexibility index (Phi) is 6.08. The molecular formula is C8H15NO. The van der Waals surface area contributed by atoms with Crippen molar-refractivity contribution in [2.75, 3.05) is 6.54 Å². The number of nitrogens with one attached hydrogen (secondary N) is 1. The molecule has 0 unspecified atom stereocenters. The lowest BCUT2D eigenvalue weighted by molar-refractivity contribution is -0.109. The molecule has 1 atom stereocenters. The summed E-state index contributed by atoms with van der Waals surface area (Å²) in [6, 6.07) is 0.0167. The SMILES string of the molecule is C=CCN[C@H](C=O)CCC. The minimum atomic E-state index is 0.0167. The van der Waals surface area contributed by atoms with Crippen LogP contribution in [0.15, 0.2) is 12.7 Å². The van der Waals surface area contributed by atoms with Gasteiger partial charge in [-0.15, -0.1) is 6.58 Å². The first kappa shape index (κ1) is 9.37.